The lowest BCUT2D eigenvalue weighted by Crippen LogP contribution is -1.99. The lowest BCUT2D eigenvalue weighted by molar-refractivity contribution is 0.145. The maximum absolute atomic E-state index is 12.6. The number of nitrogen functional groups attached to an aromatic ring is 1. The van der Waals surface area contributed by atoms with Gasteiger partial charge in [-0.25, -0.2) is 13.8 Å². The number of anilines is 1. The zero-order valence-corrected chi connectivity index (χ0v) is 6.45. The van der Waals surface area contributed by atoms with Crippen molar-refractivity contribution in [2.24, 2.45) is 0 Å². The SMILES string of the molecule is Nc1cnc(F)c(C(F)F)c1Cl. The maximum atomic E-state index is 12.6. The van der Waals surface area contributed by atoms with E-state index in [2.05, 4.69) is 4.98 Å². The van der Waals surface area contributed by atoms with Gasteiger partial charge in [-0.2, -0.15) is 4.39 Å². The van der Waals surface area contributed by atoms with E-state index in [0.29, 0.717) is 0 Å². The second kappa shape index (κ2) is 3.18. The summed E-state index contributed by atoms with van der Waals surface area (Å²) in [5, 5.41) is -0.475. The molecule has 0 radical (unpaired) electrons. The minimum absolute atomic E-state index is 0.159. The number of pyridine rings is 1. The van der Waals surface area contributed by atoms with Gasteiger partial charge in [0, 0.05) is 0 Å². The molecule has 0 fully saturated rings. The first-order valence-corrected chi connectivity index (χ1v) is 3.29. The number of nitrogens with zero attached hydrogens (tertiary/aromatic N) is 1. The summed E-state index contributed by atoms with van der Waals surface area (Å²) in [4.78, 5) is 3.00. The molecule has 1 aromatic heterocycles. The highest BCUT2D eigenvalue weighted by Gasteiger charge is 2.20. The van der Waals surface area contributed by atoms with Crippen LogP contribution in [0.3, 0.4) is 0 Å². The van der Waals surface area contributed by atoms with Crippen molar-refractivity contribution in [1.82, 2.24) is 4.98 Å². The number of halogens is 4. The van der Waals surface area contributed by atoms with Crippen LogP contribution in [0.4, 0.5) is 18.9 Å². The smallest absolute Gasteiger partial charge is 0.269 e. The van der Waals surface area contributed by atoms with Crippen LogP contribution in [0.25, 0.3) is 0 Å². The molecule has 0 saturated carbocycles. The van der Waals surface area contributed by atoms with Crippen molar-refractivity contribution in [3.8, 4) is 0 Å². The molecule has 0 aromatic carbocycles. The summed E-state index contributed by atoms with van der Waals surface area (Å²) >= 11 is 5.31. The average molecular weight is 197 g/mol. The molecule has 1 aromatic rings. The van der Waals surface area contributed by atoms with E-state index in [1.165, 1.54) is 0 Å². The van der Waals surface area contributed by atoms with E-state index < -0.39 is 23.0 Å². The first-order chi connectivity index (χ1) is 5.54. The van der Waals surface area contributed by atoms with Crippen LogP contribution in [0.2, 0.25) is 5.02 Å². The number of hydrogen-bond acceptors (Lipinski definition) is 2. The van der Waals surface area contributed by atoms with Crippen molar-refractivity contribution < 1.29 is 13.2 Å². The van der Waals surface area contributed by atoms with Crippen LogP contribution >= 0.6 is 11.6 Å². The molecule has 1 heterocycles. The minimum atomic E-state index is -3.01. The topological polar surface area (TPSA) is 38.9 Å². The zero-order valence-electron chi connectivity index (χ0n) is 5.69. The van der Waals surface area contributed by atoms with Gasteiger partial charge in [-0.15, -0.1) is 0 Å². The Labute approximate surface area is 71.2 Å². The van der Waals surface area contributed by atoms with Crippen LogP contribution in [-0.4, -0.2) is 4.98 Å². The van der Waals surface area contributed by atoms with E-state index in [1.807, 2.05) is 0 Å². The van der Waals surface area contributed by atoms with Crippen molar-refractivity contribution in [3.05, 3.63) is 22.7 Å². The zero-order chi connectivity index (χ0) is 9.30. The van der Waals surface area contributed by atoms with Gasteiger partial charge in [0.2, 0.25) is 5.95 Å². The number of alkyl halides is 2. The van der Waals surface area contributed by atoms with Crippen molar-refractivity contribution in [3.63, 3.8) is 0 Å². The Hall–Kier alpha value is -0.970. The van der Waals surface area contributed by atoms with Crippen molar-refractivity contribution in [2.75, 3.05) is 5.73 Å². The Morgan fingerprint density at radius 1 is 1.50 bits per heavy atom. The van der Waals surface area contributed by atoms with Gasteiger partial charge in [0.1, 0.15) is 0 Å². The highest BCUT2D eigenvalue weighted by molar-refractivity contribution is 6.33. The summed E-state index contributed by atoms with van der Waals surface area (Å²) < 4.78 is 36.6. The Balaban J connectivity index is 3.33. The summed E-state index contributed by atoms with van der Waals surface area (Å²) in [5.41, 5.74) is 4.03. The molecule has 1 rings (SSSR count). The summed E-state index contributed by atoms with van der Waals surface area (Å²) in [7, 11) is 0. The predicted molar refractivity (Wildman–Crippen MR) is 38.6 cm³/mol. The number of hydrogen-bond donors (Lipinski definition) is 1. The molecular weight excluding hydrogens is 193 g/mol. The number of nitrogens with two attached hydrogens (primary N) is 1. The third-order valence-electron chi connectivity index (χ3n) is 1.25. The molecule has 12 heavy (non-hydrogen) atoms. The van der Waals surface area contributed by atoms with Crippen LogP contribution in [-0.2, 0) is 0 Å². The van der Waals surface area contributed by atoms with Gasteiger partial charge in [0.15, 0.2) is 0 Å². The van der Waals surface area contributed by atoms with E-state index in [1.54, 1.807) is 0 Å². The molecule has 0 aliphatic heterocycles. The van der Waals surface area contributed by atoms with Crippen molar-refractivity contribution >= 4 is 17.3 Å². The van der Waals surface area contributed by atoms with Crippen LogP contribution in [0, 0.1) is 5.95 Å². The monoisotopic (exact) mass is 196 g/mol. The van der Waals surface area contributed by atoms with Crippen LogP contribution in [0.15, 0.2) is 6.20 Å². The van der Waals surface area contributed by atoms with Crippen LogP contribution in [0.1, 0.15) is 12.0 Å². The predicted octanol–water partition coefficient (Wildman–Crippen LogP) is 2.39. The summed E-state index contributed by atoms with van der Waals surface area (Å²) in [6.07, 6.45) is -2.11. The van der Waals surface area contributed by atoms with Gasteiger partial charge >= 0.3 is 0 Å². The number of rotatable bonds is 1. The van der Waals surface area contributed by atoms with Gasteiger partial charge in [0.05, 0.1) is 22.5 Å². The van der Waals surface area contributed by atoms with E-state index >= 15 is 0 Å². The summed E-state index contributed by atoms with van der Waals surface area (Å²) in [6.45, 7) is 0. The average Bonchev–Trinajstić information content (AvgIpc) is 1.97. The van der Waals surface area contributed by atoms with Gasteiger partial charge in [-0.3, -0.25) is 0 Å². The van der Waals surface area contributed by atoms with Gasteiger partial charge in [-0.1, -0.05) is 11.6 Å². The third kappa shape index (κ3) is 1.45. The van der Waals surface area contributed by atoms with Gasteiger partial charge in [0.25, 0.3) is 6.43 Å². The van der Waals surface area contributed by atoms with Gasteiger partial charge in [-0.05, 0) is 0 Å². The molecule has 0 bridgehead atoms. The number of aromatic nitrogens is 1. The van der Waals surface area contributed by atoms with Gasteiger partial charge < -0.3 is 5.73 Å². The minimum Gasteiger partial charge on any atom is -0.396 e. The lowest BCUT2D eigenvalue weighted by Gasteiger charge is -2.04. The van der Waals surface area contributed by atoms with Crippen LogP contribution < -0.4 is 5.73 Å². The van der Waals surface area contributed by atoms with Crippen molar-refractivity contribution in [1.29, 1.82) is 0 Å². The largest absolute Gasteiger partial charge is 0.396 e. The normalized spacial score (nSPS) is 10.8. The molecule has 0 spiro atoms. The van der Waals surface area contributed by atoms with Crippen LogP contribution in [0.5, 0.6) is 0 Å². The fourth-order valence-electron chi connectivity index (χ4n) is 0.684. The molecule has 66 valence electrons. The maximum Gasteiger partial charge on any atom is 0.269 e. The standard InChI is InChI=1S/C6H4ClF3N2/c7-4-2(11)1-12-6(10)3(4)5(8)9/h1,5H,11H2. The van der Waals surface area contributed by atoms with E-state index in [4.69, 9.17) is 17.3 Å². The highest BCUT2D eigenvalue weighted by atomic mass is 35.5. The fourth-order valence-corrected chi connectivity index (χ4v) is 0.894. The molecule has 0 unspecified atom stereocenters. The van der Waals surface area contributed by atoms with E-state index in [-0.39, 0.29) is 5.69 Å². The molecule has 0 aliphatic rings. The molecular formula is C6H4ClF3N2. The quantitative estimate of drug-likeness (QED) is 0.701. The molecule has 6 heteroatoms. The second-order valence-electron chi connectivity index (χ2n) is 2.03. The molecule has 0 saturated heterocycles. The summed E-state index contributed by atoms with van der Waals surface area (Å²) in [6, 6.07) is 0. The lowest BCUT2D eigenvalue weighted by atomic mass is 10.2. The Bertz CT molecular complexity index is 303. The molecule has 0 amide bonds. The molecule has 2 N–H and O–H groups in total. The molecule has 0 atom stereocenters. The Morgan fingerprint density at radius 3 is 2.50 bits per heavy atom. The summed E-state index contributed by atoms with van der Waals surface area (Å²) in [5.74, 6) is -1.29. The van der Waals surface area contributed by atoms with Crippen molar-refractivity contribution in [2.45, 2.75) is 6.43 Å². The molecule has 2 nitrogen and oxygen atoms in total. The first-order valence-electron chi connectivity index (χ1n) is 2.91. The fraction of sp³-hybridized carbons (Fsp3) is 0.167. The van der Waals surface area contributed by atoms with E-state index in [9.17, 15) is 13.2 Å². The third-order valence-corrected chi connectivity index (χ3v) is 1.67. The highest BCUT2D eigenvalue weighted by Crippen LogP contribution is 2.31. The Kier molecular flexibility index (Phi) is 2.42. The van der Waals surface area contributed by atoms with E-state index in [0.717, 1.165) is 6.20 Å². The Morgan fingerprint density at radius 2 is 2.08 bits per heavy atom. The second-order valence-corrected chi connectivity index (χ2v) is 2.41. The first kappa shape index (κ1) is 9.12. The molecule has 0 aliphatic carbocycles.